The number of imide groups is 2. The van der Waals surface area contributed by atoms with Gasteiger partial charge in [-0.2, -0.15) is 0 Å². The van der Waals surface area contributed by atoms with E-state index in [-0.39, 0.29) is 24.5 Å². The lowest BCUT2D eigenvalue weighted by Crippen LogP contribution is -3.16. The molecule has 1 N–H and O–H groups in total. The number of amides is 5. The molecule has 3 heterocycles. The Morgan fingerprint density at radius 1 is 1.14 bits per heavy atom. The molecular weight excluding hydrogens is 392 g/mol. The highest BCUT2D eigenvalue weighted by Gasteiger charge is 2.50. The second-order valence-corrected chi connectivity index (χ2v) is 9.15. The molecule has 29 heavy (non-hydrogen) atoms. The van der Waals surface area contributed by atoms with Crippen molar-refractivity contribution in [3.63, 3.8) is 0 Å². The number of carbonyl (C=O) groups excluding carboxylic acids is 4. The van der Waals surface area contributed by atoms with E-state index < -0.39 is 17.8 Å². The second kappa shape index (κ2) is 8.23. The van der Waals surface area contributed by atoms with Gasteiger partial charge in [0, 0.05) is 6.04 Å². The normalized spacial score (nSPS) is 26.5. The molecule has 1 aromatic rings. The smallest absolute Gasteiger partial charge is 0.327 e. The standard InChI is InChI=1S/C20H26N4O4S/c1-14-5-2-3-6-15(14)24-19(27)18(26)23(20(24)28)13-21-8-10-22(11-9-21)17(25)16-7-4-12-29-16/h4,7,12,14-15H,2-3,5-6,8-11,13H2,1H3/p+1/t14-,15-/m0/s1. The Morgan fingerprint density at radius 2 is 1.86 bits per heavy atom. The van der Waals surface area contributed by atoms with Crippen molar-refractivity contribution < 1.29 is 24.1 Å². The van der Waals surface area contributed by atoms with E-state index >= 15 is 0 Å². The highest BCUT2D eigenvalue weighted by molar-refractivity contribution is 7.12. The first-order valence-electron chi connectivity index (χ1n) is 10.3. The molecule has 5 amide bonds. The van der Waals surface area contributed by atoms with Gasteiger partial charge in [0.15, 0.2) is 6.67 Å². The van der Waals surface area contributed by atoms with Crippen LogP contribution in [0.3, 0.4) is 0 Å². The summed E-state index contributed by atoms with van der Waals surface area (Å²) in [5, 5.41) is 1.88. The van der Waals surface area contributed by atoms with Crippen molar-refractivity contribution in [1.82, 2.24) is 14.7 Å². The molecule has 1 aromatic heterocycles. The van der Waals surface area contributed by atoms with Gasteiger partial charge in [-0.25, -0.2) is 9.69 Å². The van der Waals surface area contributed by atoms with Crippen LogP contribution in [0.15, 0.2) is 17.5 Å². The number of nitrogens with one attached hydrogen (secondary N) is 1. The second-order valence-electron chi connectivity index (χ2n) is 8.20. The number of quaternary nitrogens is 1. The molecule has 156 valence electrons. The van der Waals surface area contributed by atoms with Crippen molar-refractivity contribution in [3.05, 3.63) is 22.4 Å². The molecule has 3 fully saturated rings. The van der Waals surface area contributed by atoms with E-state index in [1.54, 1.807) is 0 Å². The third-order valence-electron chi connectivity index (χ3n) is 6.35. The van der Waals surface area contributed by atoms with Gasteiger partial charge in [0.1, 0.15) is 0 Å². The van der Waals surface area contributed by atoms with Gasteiger partial charge >= 0.3 is 17.8 Å². The Balaban J connectivity index is 1.36. The van der Waals surface area contributed by atoms with Crippen LogP contribution in [0.2, 0.25) is 0 Å². The molecule has 0 bridgehead atoms. The maximum Gasteiger partial charge on any atom is 0.338 e. The van der Waals surface area contributed by atoms with E-state index in [4.69, 9.17) is 0 Å². The fourth-order valence-electron chi connectivity index (χ4n) is 4.60. The van der Waals surface area contributed by atoms with Crippen LogP contribution in [-0.2, 0) is 9.59 Å². The first-order chi connectivity index (χ1) is 14.0. The van der Waals surface area contributed by atoms with Gasteiger partial charge < -0.3 is 9.80 Å². The molecular formula is C20H27N4O4S+. The Labute approximate surface area is 174 Å². The number of piperazine rings is 1. The molecule has 4 rings (SSSR count). The molecule has 2 saturated heterocycles. The highest BCUT2D eigenvalue weighted by atomic mass is 32.1. The van der Waals surface area contributed by atoms with Crippen LogP contribution in [0.5, 0.6) is 0 Å². The van der Waals surface area contributed by atoms with Crippen molar-refractivity contribution in [3.8, 4) is 0 Å². The van der Waals surface area contributed by atoms with Gasteiger partial charge in [-0.3, -0.25) is 19.3 Å². The highest BCUT2D eigenvalue weighted by Crippen LogP contribution is 2.30. The van der Waals surface area contributed by atoms with Crippen molar-refractivity contribution in [1.29, 1.82) is 0 Å². The van der Waals surface area contributed by atoms with E-state index in [9.17, 15) is 19.2 Å². The minimum Gasteiger partial charge on any atom is -0.327 e. The van der Waals surface area contributed by atoms with Crippen LogP contribution in [0.1, 0.15) is 42.3 Å². The first kappa shape index (κ1) is 20.0. The molecule has 0 radical (unpaired) electrons. The zero-order chi connectivity index (χ0) is 20.5. The molecule has 0 spiro atoms. The number of rotatable bonds is 4. The van der Waals surface area contributed by atoms with Crippen LogP contribution in [-0.4, -0.2) is 77.3 Å². The van der Waals surface area contributed by atoms with Gasteiger partial charge in [0.25, 0.3) is 5.91 Å². The van der Waals surface area contributed by atoms with Crippen LogP contribution < -0.4 is 4.90 Å². The Hall–Kier alpha value is -2.26. The molecule has 1 aliphatic carbocycles. The molecule has 9 heteroatoms. The van der Waals surface area contributed by atoms with Crippen molar-refractivity contribution in [2.45, 2.75) is 38.6 Å². The lowest BCUT2D eigenvalue weighted by Gasteiger charge is -2.35. The fraction of sp³-hybridized carbons (Fsp3) is 0.600. The Kier molecular flexibility index (Phi) is 5.69. The monoisotopic (exact) mass is 419 g/mol. The molecule has 1 saturated carbocycles. The predicted octanol–water partition coefficient (Wildman–Crippen LogP) is 0.416. The van der Waals surface area contributed by atoms with Gasteiger partial charge in [-0.15, -0.1) is 11.3 Å². The molecule has 2 aliphatic heterocycles. The summed E-state index contributed by atoms with van der Waals surface area (Å²) in [6, 6.07) is 3.04. The maximum atomic E-state index is 12.9. The summed E-state index contributed by atoms with van der Waals surface area (Å²) in [5.41, 5.74) is 0. The summed E-state index contributed by atoms with van der Waals surface area (Å²) in [5.74, 6) is -1.14. The minimum absolute atomic E-state index is 0.0278. The van der Waals surface area contributed by atoms with E-state index in [1.807, 2.05) is 29.3 Å². The van der Waals surface area contributed by atoms with E-state index in [2.05, 4.69) is 0 Å². The van der Waals surface area contributed by atoms with Gasteiger partial charge in [0.2, 0.25) is 0 Å². The molecule has 0 aromatic carbocycles. The van der Waals surface area contributed by atoms with Crippen LogP contribution in [0.25, 0.3) is 0 Å². The quantitative estimate of drug-likeness (QED) is 0.566. The average molecular weight is 420 g/mol. The lowest BCUT2D eigenvalue weighted by atomic mass is 9.85. The van der Waals surface area contributed by atoms with E-state index in [0.717, 1.165) is 40.4 Å². The predicted molar refractivity (Wildman–Crippen MR) is 106 cm³/mol. The van der Waals surface area contributed by atoms with Crippen molar-refractivity contribution in [2.75, 3.05) is 32.8 Å². The summed E-state index contributed by atoms with van der Waals surface area (Å²) in [7, 11) is 0. The maximum absolute atomic E-state index is 12.9. The van der Waals surface area contributed by atoms with Gasteiger partial charge in [-0.05, 0) is 30.2 Å². The lowest BCUT2D eigenvalue weighted by molar-refractivity contribution is -0.911. The Morgan fingerprint density at radius 3 is 2.52 bits per heavy atom. The van der Waals surface area contributed by atoms with E-state index in [0.29, 0.717) is 26.2 Å². The Bertz CT molecular complexity index is 803. The van der Waals surface area contributed by atoms with Gasteiger partial charge in [-0.1, -0.05) is 25.8 Å². The topological polar surface area (TPSA) is 82.4 Å². The number of hydrogen-bond acceptors (Lipinski definition) is 5. The SMILES string of the molecule is C[C@H]1CCCC[C@@H]1N1C(=O)C(=O)N(C[NH+]2CCN(C(=O)c3cccs3)CC2)C1=O. The fourth-order valence-corrected chi connectivity index (χ4v) is 5.29. The van der Waals surface area contributed by atoms with Gasteiger partial charge in [0.05, 0.1) is 31.1 Å². The summed E-state index contributed by atoms with van der Waals surface area (Å²) in [6.07, 6.45) is 3.83. The number of urea groups is 1. The average Bonchev–Trinajstić information content (AvgIpc) is 3.33. The molecule has 2 atom stereocenters. The van der Waals surface area contributed by atoms with Crippen LogP contribution in [0, 0.1) is 5.92 Å². The summed E-state index contributed by atoms with van der Waals surface area (Å²) < 4.78 is 0. The molecule has 3 aliphatic rings. The summed E-state index contributed by atoms with van der Waals surface area (Å²) in [4.78, 5) is 56.3. The zero-order valence-electron chi connectivity index (χ0n) is 16.6. The summed E-state index contributed by atoms with van der Waals surface area (Å²) >= 11 is 1.43. The zero-order valence-corrected chi connectivity index (χ0v) is 17.5. The minimum atomic E-state index is -0.711. The first-order valence-corrected chi connectivity index (χ1v) is 11.2. The van der Waals surface area contributed by atoms with Crippen molar-refractivity contribution in [2.24, 2.45) is 5.92 Å². The number of hydrogen-bond donors (Lipinski definition) is 1. The van der Waals surface area contributed by atoms with E-state index in [1.165, 1.54) is 16.2 Å². The number of carbonyl (C=O) groups is 4. The van der Waals surface area contributed by atoms with Crippen LogP contribution >= 0.6 is 11.3 Å². The number of nitrogens with zero attached hydrogens (tertiary/aromatic N) is 3. The number of thiophene rings is 1. The summed E-state index contributed by atoms with van der Waals surface area (Å²) in [6.45, 7) is 4.65. The van der Waals surface area contributed by atoms with Crippen LogP contribution in [0.4, 0.5) is 4.79 Å². The largest absolute Gasteiger partial charge is 0.338 e. The molecule has 0 unspecified atom stereocenters. The third-order valence-corrected chi connectivity index (χ3v) is 7.21. The van der Waals surface area contributed by atoms with Crippen molar-refractivity contribution >= 4 is 35.1 Å². The molecule has 8 nitrogen and oxygen atoms in total. The third kappa shape index (κ3) is 3.81.